The number of carbonyl (C=O) groups excluding carboxylic acids is 2. The van der Waals surface area contributed by atoms with Crippen molar-refractivity contribution in [2.45, 2.75) is 39.2 Å². The third-order valence-electron chi connectivity index (χ3n) is 5.43. The Morgan fingerprint density at radius 1 is 1.28 bits per heavy atom. The fourth-order valence-corrected chi connectivity index (χ4v) is 4.38. The third kappa shape index (κ3) is 4.54. The first-order valence-electron chi connectivity index (χ1n) is 8.85. The van der Waals surface area contributed by atoms with E-state index in [-0.39, 0.29) is 30.1 Å². The predicted octanol–water partition coefficient (Wildman–Crippen LogP) is 2.53. The molecule has 1 aromatic rings. The Morgan fingerprint density at radius 2 is 2.00 bits per heavy atom. The maximum atomic E-state index is 12.9. The molecule has 0 aliphatic carbocycles. The van der Waals surface area contributed by atoms with E-state index in [1.807, 2.05) is 30.2 Å². The van der Waals surface area contributed by atoms with Crippen LogP contribution >= 0.6 is 23.7 Å². The summed E-state index contributed by atoms with van der Waals surface area (Å²) in [4.78, 5) is 27.9. The Hall–Kier alpha value is -1.11. The molecular formula is C18H28ClN3O2S. The molecule has 1 unspecified atom stereocenters. The molecule has 3 rings (SSSR count). The van der Waals surface area contributed by atoms with Gasteiger partial charge in [-0.15, -0.1) is 23.7 Å². The summed E-state index contributed by atoms with van der Waals surface area (Å²) in [5.41, 5.74) is 0.393. The molecule has 2 amide bonds. The van der Waals surface area contributed by atoms with Gasteiger partial charge in [-0.05, 0) is 48.6 Å². The van der Waals surface area contributed by atoms with Crippen molar-refractivity contribution in [1.29, 1.82) is 0 Å². The summed E-state index contributed by atoms with van der Waals surface area (Å²) in [5.74, 6) is -0.00770. The number of piperidine rings is 1. The van der Waals surface area contributed by atoms with Crippen LogP contribution in [0.15, 0.2) is 17.5 Å². The summed E-state index contributed by atoms with van der Waals surface area (Å²) in [7, 11) is 0. The van der Waals surface area contributed by atoms with Gasteiger partial charge in [-0.3, -0.25) is 9.59 Å². The summed E-state index contributed by atoms with van der Waals surface area (Å²) in [6, 6.07) is 3.20. The number of amides is 2. The average molecular weight is 386 g/mol. The normalized spacial score (nSPS) is 20.4. The monoisotopic (exact) mass is 385 g/mol. The van der Waals surface area contributed by atoms with E-state index in [0.717, 1.165) is 39.0 Å². The second-order valence-electron chi connectivity index (χ2n) is 7.42. The van der Waals surface area contributed by atoms with Gasteiger partial charge in [0.2, 0.25) is 5.91 Å². The molecule has 0 aromatic carbocycles. The zero-order valence-corrected chi connectivity index (χ0v) is 16.5. The lowest BCUT2D eigenvalue weighted by Gasteiger charge is -2.40. The van der Waals surface area contributed by atoms with Gasteiger partial charge in [-0.2, -0.15) is 0 Å². The first kappa shape index (κ1) is 20.2. The van der Waals surface area contributed by atoms with Crippen molar-refractivity contribution in [1.82, 2.24) is 15.5 Å². The van der Waals surface area contributed by atoms with Crippen molar-refractivity contribution < 1.29 is 9.59 Å². The smallest absolute Gasteiger partial charge is 0.262 e. The van der Waals surface area contributed by atoms with E-state index in [1.165, 1.54) is 17.8 Å². The lowest BCUT2D eigenvalue weighted by Crippen LogP contribution is -2.54. The highest BCUT2D eigenvalue weighted by molar-refractivity contribution is 7.12. The minimum Gasteiger partial charge on any atom is -0.341 e. The predicted molar refractivity (Wildman–Crippen MR) is 103 cm³/mol. The van der Waals surface area contributed by atoms with E-state index < -0.39 is 6.04 Å². The second-order valence-corrected chi connectivity index (χ2v) is 8.37. The lowest BCUT2D eigenvalue weighted by atomic mass is 9.77. The molecule has 2 saturated heterocycles. The van der Waals surface area contributed by atoms with Crippen LogP contribution < -0.4 is 10.6 Å². The van der Waals surface area contributed by atoms with Crippen LogP contribution in [0.4, 0.5) is 0 Å². The first-order chi connectivity index (χ1) is 11.5. The highest BCUT2D eigenvalue weighted by Gasteiger charge is 2.39. The van der Waals surface area contributed by atoms with Crippen molar-refractivity contribution >= 4 is 35.6 Å². The molecule has 7 heteroatoms. The summed E-state index contributed by atoms with van der Waals surface area (Å²) in [6.45, 7) is 7.77. The van der Waals surface area contributed by atoms with Gasteiger partial charge in [-0.1, -0.05) is 19.9 Å². The van der Waals surface area contributed by atoms with Crippen LogP contribution in [0, 0.1) is 11.3 Å². The van der Waals surface area contributed by atoms with Crippen LogP contribution in [0.25, 0.3) is 0 Å². The fourth-order valence-electron chi connectivity index (χ4n) is 3.75. The van der Waals surface area contributed by atoms with Crippen LogP contribution in [-0.2, 0) is 4.79 Å². The Bertz CT molecular complexity index is 575. The van der Waals surface area contributed by atoms with Gasteiger partial charge in [0.15, 0.2) is 0 Å². The molecule has 0 radical (unpaired) electrons. The van der Waals surface area contributed by atoms with Gasteiger partial charge in [0.05, 0.1) is 4.88 Å². The van der Waals surface area contributed by atoms with Gasteiger partial charge in [0.25, 0.3) is 5.91 Å². The zero-order valence-electron chi connectivity index (χ0n) is 14.9. The van der Waals surface area contributed by atoms with E-state index >= 15 is 0 Å². The fraction of sp³-hybridized carbons (Fsp3) is 0.667. The van der Waals surface area contributed by atoms with Gasteiger partial charge in [-0.25, -0.2) is 0 Å². The largest absolute Gasteiger partial charge is 0.341 e. The van der Waals surface area contributed by atoms with Crippen molar-refractivity contribution in [2.24, 2.45) is 11.3 Å². The van der Waals surface area contributed by atoms with Crippen molar-refractivity contribution in [2.75, 3.05) is 26.2 Å². The number of likely N-dealkylation sites (tertiary alicyclic amines) is 1. The van der Waals surface area contributed by atoms with Crippen molar-refractivity contribution in [3.05, 3.63) is 22.4 Å². The Balaban J connectivity index is 0.00000225. The second kappa shape index (κ2) is 8.52. The highest BCUT2D eigenvalue weighted by Crippen LogP contribution is 2.37. The topological polar surface area (TPSA) is 61.4 Å². The van der Waals surface area contributed by atoms with Crippen molar-refractivity contribution in [3.63, 3.8) is 0 Å². The van der Waals surface area contributed by atoms with E-state index in [1.54, 1.807) is 6.07 Å². The number of nitrogens with zero attached hydrogens (tertiary/aromatic N) is 1. The number of hydrogen-bond acceptors (Lipinski definition) is 4. The molecule has 5 nitrogen and oxygen atoms in total. The van der Waals surface area contributed by atoms with E-state index in [2.05, 4.69) is 10.6 Å². The van der Waals surface area contributed by atoms with Gasteiger partial charge < -0.3 is 15.5 Å². The number of carbonyl (C=O) groups is 2. The molecule has 3 heterocycles. The molecule has 2 aliphatic heterocycles. The molecule has 140 valence electrons. The molecule has 1 spiro atoms. The highest BCUT2D eigenvalue weighted by atomic mass is 35.5. The molecule has 0 saturated carbocycles. The minimum atomic E-state index is -0.449. The SMILES string of the molecule is CC(C)C(NC(=O)c1cccs1)C(=O)N1CCC2(CCNC2)CC1.Cl. The van der Waals surface area contributed by atoms with E-state index in [9.17, 15) is 9.59 Å². The Labute approximate surface area is 160 Å². The van der Waals surface area contributed by atoms with Crippen LogP contribution in [0.5, 0.6) is 0 Å². The first-order valence-corrected chi connectivity index (χ1v) is 9.73. The summed E-state index contributed by atoms with van der Waals surface area (Å²) >= 11 is 1.40. The molecule has 2 N–H and O–H groups in total. The van der Waals surface area contributed by atoms with Gasteiger partial charge >= 0.3 is 0 Å². The molecule has 1 atom stereocenters. The summed E-state index contributed by atoms with van der Waals surface area (Å²) in [6.07, 6.45) is 3.35. The number of nitrogens with one attached hydrogen (secondary N) is 2. The maximum absolute atomic E-state index is 12.9. The molecule has 25 heavy (non-hydrogen) atoms. The molecule has 2 aliphatic rings. The molecular weight excluding hydrogens is 358 g/mol. The van der Waals surface area contributed by atoms with Gasteiger partial charge in [0.1, 0.15) is 6.04 Å². The minimum absolute atomic E-state index is 0. The van der Waals surface area contributed by atoms with Gasteiger partial charge in [0, 0.05) is 19.6 Å². The quantitative estimate of drug-likeness (QED) is 0.837. The average Bonchev–Trinajstić information content (AvgIpc) is 3.24. The summed E-state index contributed by atoms with van der Waals surface area (Å²) < 4.78 is 0. The van der Waals surface area contributed by atoms with Crippen molar-refractivity contribution in [3.8, 4) is 0 Å². The van der Waals surface area contributed by atoms with Crippen LogP contribution in [0.2, 0.25) is 0 Å². The number of halogens is 1. The van der Waals surface area contributed by atoms with Crippen LogP contribution in [-0.4, -0.2) is 48.9 Å². The standard InChI is InChI=1S/C18H27N3O2S.ClH/c1-13(2)15(20-16(22)14-4-3-11-24-14)17(23)21-9-6-18(7-10-21)5-8-19-12-18;/h3-4,11,13,15,19H,5-10,12H2,1-2H3,(H,20,22);1H. The molecule has 1 aromatic heterocycles. The third-order valence-corrected chi connectivity index (χ3v) is 6.30. The van der Waals surface area contributed by atoms with Crippen LogP contribution in [0.1, 0.15) is 42.8 Å². The molecule has 2 fully saturated rings. The Morgan fingerprint density at radius 3 is 2.52 bits per heavy atom. The number of thiophene rings is 1. The molecule has 0 bridgehead atoms. The lowest BCUT2D eigenvalue weighted by molar-refractivity contribution is -0.136. The number of hydrogen-bond donors (Lipinski definition) is 2. The summed E-state index contributed by atoms with van der Waals surface area (Å²) in [5, 5.41) is 8.27. The van der Waals surface area contributed by atoms with E-state index in [4.69, 9.17) is 0 Å². The Kier molecular flexibility index (Phi) is 6.88. The van der Waals surface area contributed by atoms with Crippen LogP contribution in [0.3, 0.4) is 0 Å². The van der Waals surface area contributed by atoms with E-state index in [0.29, 0.717) is 10.3 Å². The zero-order chi connectivity index (χ0) is 17.2. The number of rotatable bonds is 4. The maximum Gasteiger partial charge on any atom is 0.262 e.